The van der Waals surface area contributed by atoms with Gasteiger partial charge in [-0.1, -0.05) is 61.9 Å². The second kappa shape index (κ2) is 12.5. The van der Waals surface area contributed by atoms with Gasteiger partial charge in [-0.15, -0.1) is 0 Å². The highest BCUT2D eigenvalue weighted by atomic mass is 16.5. The summed E-state index contributed by atoms with van der Waals surface area (Å²) in [4.78, 5) is 12.8. The SMILES string of the molecule is Cc1ccc(COc2cccc(C3C(C#N)=C(N)Oc4cc(OC(=O)c5ccc(OCC(C)C)cc5)ccc43)c2)cc1. The molecule has 2 N–H and O–H groups in total. The lowest BCUT2D eigenvalue weighted by Gasteiger charge is -2.27. The number of hydrogen-bond acceptors (Lipinski definition) is 7. The Balaban J connectivity index is 1.35. The molecule has 5 rings (SSSR count). The van der Waals surface area contributed by atoms with Crippen molar-refractivity contribution >= 4 is 5.97 Å². The molecule has 0 spiro atoms. The van der Waals surface area contributed by atoms with Gasteiger partial charge in [0.1, 0.15) is 41.2 Å². The van der Waals surface area contributed by atoms with Gasteiger partial charge in [-0.05, 0) is 66.4 Å². The zero-order valence-corrected chi connectivity index (χ0v) is 23.8. The highest BCUT2D eigenvalue weighted by Crippen LogP contribution is 2.44. The minimum Gasteiger partial charge on any atom is -0.493 e. The number of esters is 1. The average molecular weight is 561 g/mol. The van der Waals surface area contributed by atoms with Gasteiger partial charge in [0.15, 0.2) is 0 Å². The smallest absolute Gasteiger partial charge is 0.343 e. The van der Waals surface area contributed by atoms with Crippen molar-refractivity contribution in [3.63, 3.8) is 0 Å². The first-order valence-electron chi connectivity index (χ1n) is 13.8. The Morgan fingerprint density at radius 2 is 1.67 bits per heavy atom. The number of rotatable bonds is 9. The third-order valence-corrected chi connectivity index (χ3v) is 6.79. The van der Waals surface area contributed by atoms with Gasteiger partial charge in [0, 0.05) is 11.6 Å². The Labute approximate surface area is 245 Å². The first-order chi connectivity index (χ1) is 20.3. The number of nitriles is 1. The summed E-state index contributed by atoms with van der Waals surface area (Å²) in [6.45, 7) is 7.19. The van der Waals surface area contributed by atoms with Crippen LogP contribution in [0, 0.1) is 24.2 Å². The number of carbonyl (C=O) groups is 1. The van der Waals surface area contributed by atoms with E-state index < -0.39 is 11.9 Å². The summed E-state index contributed by atoms with van der Waals surface area (Å²) in [6.07, 6.45) is 0. The topological polar surface area (TPSA) is 104 Å². The van der Waals surface area contributed by atoms with Gasteiger partial charge in [0.25, 0.3) is 0 Å². The van der Waals surface area contributed by atoms with Crippen LogP contribution in [0.4, 0.5) is 0 Å². The molecule has 42 heavy (non-hydrogen) atoms. The van der Waals surface area contributed by atoms with E-state index >= 15 is 0 Å². The van der Waals surface area contributed by atoms with Crippen molar-refractivity contribution in [1.29, 1.82) is 5.26 Å². The maximum Gasteiger partial charge on any atom is 0.343 e. The molecule has 0 amide bonds. The molecule has 1 aliphatic rings. The minimum atomic E-state index is -0.516. The predicted octanol–water partition coefficient (Wildman–Crippen LogP) is 7.05. The molecule has 1 heterocycles. The van der Waals surface area contributed by atoms with Gasteiger partial charge in [0.05, 0.1) is 18.1 Å². The van der Waals surface area contributed by atoms with E-state index in [1.807, 2.05) is 55.5 Å². The lowest BCUT2D eigenvalue weighted by Crippen LogP contribution is -2.21. The standard InChI is InChI=1S/C35H32N2O5/c1-22(2)20-39-27-13-11-25(12-14-27)35(38)41-29-15-16-30-32(18-29)42-34(37)31(19-36)33(30)26-5-4-6-28(17-26)40-21-24-9-7-23(3)8-10-24/h4-18,22,33H,20-21,37H2,1-3H3. The zero-order valence-electron chi connectivity index (χ0n) is 23.8. The molecule has 0 aliphatic carbocycles. The summed E-state index contributed by atoms with van der Waals surface area (Å²) >= 11 is 0. The third-order valence-electron chi connectivity index (χ3n) is 6.79. The fraction of sp³-hybridized carbons (Fsp3) is 0.200. The van der Waals surface area contributed by atoms with Crippen LogP contribution in [-0.4, -0.2) is 12.6 Å². The molecule has 0 aromatic heterocycles. The summed E-state index contributed by atoms with van der Waals surface area (Å²) in [5.41, 5.74) is 10.7. The third kappa shape index (κ3) is 6.56. The van der Waals surface area contributed by atoms with E-state index in [0.29, 0.717) is 53.3 Å². The highest BCUT2D eigenvalue weighted by Gasteiger charge is 2.31. The number of hydrogen-bond donors (Lipinski definition) is 1. The average Bonchev–Trinajstić information content (AvgIpc) is 2.99. The first-order valence-corrected chi connectivity index (χ1v) is 13.8. The normalized spacial score (nSPS) is 14.0. The number of carbonyl (C=O) groups excluding carboxylic acids is 1. The Morgan fingerprint density at radius 1 is 0.929 bits per heavy atom. The second-order valence-electron chi connectivity index (χ2n) is 10.6. The quantitative estimate of drug-likeness (QED) is 0.173. The van der Waals surface area contributed by atoms with Crippen LogP contribution in [0.15, 0.2) is 102 Å². The van der Waals surface area contributed by atoms with Crippen LogP contribution in [-0.2, 0) is 6.61 Å². The van der Waals surface area contributed by atoms with Gasteiger partial charge < -0.3 is 24.7 Å². The maximum atomic E-state index is 12.8. The minimum absolute atomic E-state index is 0.00133. The summed E-state index contributed by atoms with van der Waals surface area (Å²) in [6, 6.07) is 29.9. The van der Waals surface area contributed by atoms with E-state index in [2.05, 4.69) is 19.9 Å². The molecule has 4 aromatic carbocycles. The van der Waals surface area contributed by atoms with E-state index in [1.165, 1.54) is 5.56 Å². The molecule has 1 atom stereocenters. The zero-order chi connectivity index (χ0) is 29.6. The molecule has 0 fully saturated rings. The molecule has 1 aliphatic heterocycles. The summed E-state index contributed by atoms with van der Waals surface area (Å²) in [5.74, 6) is 1.46. The molecule has 4 aromatic rings. The number of ether oxygens (including phenoxy) is 4. The molecular weight excluding hydrogens is 528 g/mol. The van der Waals surface area contributed by atoms with Crippen molar-refractivity contribution in [2.75, 3.05) is 6.61 Å². The fourth-order valence-corrected chi connectivity index (χ4v) is 4.59. The van der Waals surface area contributed by atoms with Crippen molar-refractivity contribution < 1.29 is 23.7 Å². The van der Waals surface area contributed by atoms with Gasteiger partial charge in [-0.3, -0.25) is 0 Å². The Bertz CT molecular complexity index is 1650. The molecule has 7 nitrogen and oxygen atoms in total. The van der Waals surface area contributed by atoms with E-state index in [-0.39, 0.29) is 5.88 Å². The van der Waals surface area contributed by atoms with Crippen molar-refractivity contribution in [2.24, 2.45) is 11.7 Å². The summed E-state index contributed by atoms with van der Waals surface area (Å²) < 4.78 is 23.2. The second-order valence-corrected chi connectivity index (χ2v) is 10.6. The van der Waals surface area contributed by atoms with Crippen LogP contribution in [0.3, 0.4) is 0 Å². The van der Waals surface area contributed by atoms with Crippen LogP contribution in [0.25, 0.3) is 0 Å². The number of aryl methyl sites for hydroxylation is 1. The fourth-order valence-electron chi connectivity index (χ4n) is 4.59. The molecule has 0 bridgehead atoms. The van der Waals surface area contributed by atoms with Gasteiger partial charge in [0.2, 0.25) is 5.88 Å². The molecule has 7 heteroatoms. The number of benzene rings is 4. The Hall–Kier alpha value is -5.22. The first kappa shape index (κ1) is 28.3. The van der Waals surface area contributed by atoms with Crippen LogP contribution < -0.4 is 24.7 Å². The van der Waals surface area contributed by atoms with Crippen LogP contribution in [0.5, 0.6) is 23.0 Å². The summed E-state index contributed by atoms with van der Waals surface area (Å²) in [7, 11) is 0. The molecule has 0 saturated carbocycles. The Morgan fingerprint density at radius 3 is 2.38 bits per heavy atom. The van der Waals surface area contributed by atoms with Crippen LogP contribution >= 0.6 is 0 Å². The lowest BCUT2D eigenvalue weighted by molar-refractivity contribution is 0.0734. The lowest BCUT2D eigenvalue weighted by atomic mass is 9.83. The van der Waals surface area contributed by atoms with Crippen LogP contribution in [0.2, 0.25) is 0 Å². The summed E-state index contributed by atoms with van der Waals surface area (Å²) in [5, 5.41) is 9.96. The number of allylic oxidation sites excluding steroid dienone is 1. The number of nitrogens with zero attached hydrogens (tertiary/aromatic N) is 1. The highest BCUT2D eigenvalue weighted by molar-refractivity contribution is 5.91. The van der Waals surface area contributed by atoms with Crippen LogP contribution in [0.1, 0.15) is 52.4 Å². The van der Waals surface area contributed by atoms with E-state index in [9.17, 15) is 10.1 Å². The number of nitrogens with two attached hydrogens (primary N) is 1. The Kier molecular flexibility index (Phi) is 8.44. The largest absolute Gasteiger partial charge is 0.493 e. The van der Waals surface area contributed by atoms with E-state index in [1.54, 1.807) is 42.5 Å². The van der Waals surface area contributed by atoms with Gasteiger partial charge in [-0.25, -0.2) is 4.79 Å². The maximum absolute atomic E-state index is 12.8. The van der Waals surface area contributed by atoms with E-state index in [4.69, 9.17) is 24.7 Å². The molecular formula is C35H32N2O5. The van der Waals surface area contributed by atoms with Crippen molar-refractivity contribution in [3.8, 4) is 29.1 Å². The van der Waals surface area contributed by atoms with Gasteiger partial charge in [-0.2, -0.15) is 5.26 Å². The van der Waals surface area contributed by atoms with E-state index in [0.717, 1.165) is 16.7 Å². The molecule has 212 valence electrons. The molecule has 0 radical (unpaired) electrons. The van der Waals surface area contributed by atoms with Gasteiger partial charge >= 0.3 is 5.97 Å². The van der Waals surface area contributed by atoms with Crippen molar-refractivity contribution in [2.45, 2.75) is 33.3 Å². The van der Waals surface area contributed by atoms with Crippen molar-refractivity contribution in [3.05, 3.63) is 130 Å². The number of fused-ring (bicyclic) bond motifs is 1. The van der Waals surface area contributed by atoms with Crippen molar-refractivity contribution in [1.82, 2.24) is 0 Å². The molecule has 1 unspecified atom stereocenters. The monoisotopic (exact) mass is 560 g/mol. The predicted molar refractivity (Wildman–Crippen MR) is 159 cm³/mol. The molecule has 0 saturated heterocycles.